The molecule has 1 unspecified atom stereocenters. The minimum absolute atomic E-state index is 0.145. The molecule has 106 valence electrons. The molecular weight excluding hydrogens is 226 g/mol. The number of amides is 1. The zero-order chi connectivity index (χ0) is 13.2. The molecule has 1 fully saturated rings. The van der Waals surface area contributed by atoms with Crippen LogP contribution in [0.15, 0.2) is 0 Å². The molecule has 1 aliphatic rings. The molecule has 1 saturated heterocycles. The smallest absolute Gasteiger partial charge is 0.220 e. The van der Waals surface area contributed by atoms with Gasteiger partial charge in [-0.15, -0.1) is 0 Å². The molecule has 1 amide bonds. The topological polar surface area (TPSA) is 58.4 Å². The van der Waals surface area contributed by atoms with Crippen molar-refractivity contribution in [1.82, 2.24) is 10.2 Å². The van der Waals surface area contributed by atoms with Gasteiger partial charge in [-0.2, -0.15) is 0 Å². The van der Waals surface area contributed by atoms with Crippen molar-refractivity contribution in [1.29, 1.82) is 0 Å². The molecule has 0 radical (unpaired) electrons. The Labute approximate surface area is 111 Å². The van der Waals surface area contributed by atoms with Gasteiger partial charge in [0.25, 0.3) is 0 Å². The Morgan fingerprint density at radius 2 is 2.17 bits per heavy atom. The number of rotatable bonds is 8. The van der Waals surface area contributed by atoms with E-state index in [0.29, 0.717) is 13.0 Å². The number of unbranched alkanes of at least 4 members (excludes halogenated alkanes) is 1. The molecule has 0 aromatic rings. The van der Waals surface area contributed by atoms with Crippen LogP contribution in [-0.2, 0) is 4.79 Å². The summed E-state index contributed by atoms with van der Waals surface area (Å²) in [5, 5.41) is 2.95. The van der Waals surface area contributed by atoms with Crippen molar-refractivity contribution in [2.24, 2.45) is 5.73 Å². The monoisotopic (exact) mass is 255 g/mol. The fourth-order valence-electron chi connectivity index (χ4n) is 2.51. The van der Waals surface area contributed by atoms with Crippen LogP contribution in [0.4, 0.5) is 0 Å². The highest BCUT2D eigenvalue weighted by Crippen LogP contribution is 2.16. The van der Waals surface area contributed by atoms with Crippen LogP contribution in [0.25, 0.3) is 0 Å². The predicted molar refractivity (Wildman–Crippen MR) is 75.4 cm³/mol. The Morgan fingerprint density at radius 3 is 2.89 bits per heavy atom. The number of carbonyl (C=O) groups excluding carboxylic acids is 1. The van der Waals surface area contributed by atoms with Gasteiger partial charge in [0.15, 0.2) is 0 Å². The van der Waals surface area contributed by atoms with E-state index in [1.807, 2.05) is 0 Å². The summed E-state index contributed by atoms with van der Waals surface area (Å²) in [7, 11) is 0. The Morgan fingerprint density at radius 1 is 1.33 bits per heavy atom. The molecule has 4 heteroatoms. The van der Waals surface area contributed by atoms with Crippen LogP contribution in [0.2, 0.25) is 0 Å². The van der Waals surface area contributed by atoms with Gasteiger partial charge in [0.2, 0.25) is 5.91 Å². The second-order valence-corrected chi connectivity index (χ2v) is 5.33. The summed E-state index contributed by atoms with van der Waals surface area (Å²) >= 11 is 0. The summed E-state index contributed by atoms with van der Waals surface area (Å²) in [5.41, 5.74) is 5.36. The maximum atomic E-state index is 11.3. The molecule has 3 N–H and O–H groups in total. The van der Waals surface area contributed by atoms with E-state index < -0.39 is 0 Å². The molecule has 0 aliphatic carbocycles. The standard InChI is InChI=1S/C14H29N3O/c1-13-7-2-4-11-17(13)12-5-3-10-16-14(18)8-6-9-15/h13H,2-12,15H2,1H3,(H,16,18). The number of nitrogens with one attached hydrogen (secondary N) is 1. The van der Waals surface area contributed by atoms with Crippen LogP contribution in [0, 0.1) is 0 Å². The first-order valence-electron chi connectivity index (χ1n) is 7.45. The molecule has 0 bridgehead atoms. The second kappa shape index (κ2) is 9.34. The largest absolute Gasteiger partial charge is 0.356 e. The molecular formula is C14H29N3O. The summed E-state index contributed by atoms with van der Waals surface area (Å²) in [4.78, 5) is 13.9. The third-order valence-electron chi connectivity index (χ3n) is 3.74. The lowest BCUT2D eigenvalue weighted by Gasteiger charge is -2.33. The van der Waals surface area contributed by atoms with Crippen LogP contribution >= 0.6 is 0 Å². The summed E-state index contributed by atoms with van der Waals surface area (Å²) in [6, 6.07) is 0.748. The average molecular weight is 255 g/mol. The van der Waals surface area contributed by atoms with E-state index in [0.717, 1.165) is 25.4 Å². The lowest BCUT2D eigenvalue weighted by molar-refractivity contribution is -0.121. The molecule has 18 heavy (non-hydrogen) atoms. The van der Waals surface area contributed by atoms with Crippen LogP contribution in [0.3, 0.4) is 0 Å². The summed E-state index contributed by atoms with van der Waals surface area (Å²) in [5.74, 6) is 0.145. The molecule has 1 rings (SSSR count). The van der Waals surface area contributed by atoms with Crippen molar-refractivity contribution in [2.45, 2.75) is 57.9 Å². The third-order valence-corrected chi connectivity index (χ3v) is 3.74. The van der Waals surface area contributed by atoms with Crippen LogP contribution in [0.1, 0.15) is 51.9 Å². The molecule has 0 saturated carbocycles. The van der Waals surface area contributed by atoms with Gasteiger partial charge in [-0.1, -0.05) is 6.42 Å². The normalized spacial score (nSPS) is 20.9. The molecule has 0 aromatic carbocycles. The Hall–Kier alpha value is -0.610. The van der Waals surface area contributed by atoms with Crippen LogP contribution in [0.5, 0.6) is 0 Å². The molecule has 0 spiro atoms. The fourth-order valence-corrected chi connectivity index (χ4v) is 2.51. The van der Waals surface area contributed by atoms with E-state index >= 15 is 0 Å². The second-order valence-electron chi connectivity index (χ2n) is 5.33. The number of likely N-dealkylation sites (tertiary alicyclic amines) is 1. The number of hydrogen-bond donors (Lipinski definition) is 2. The number of piperidine rings is 1. The van der Waals surface area contributed by atoms with Crippen molar-refractivity contribution in [3.63, 3.8) is 0 Å². The fraction of sp³-hybridized carbons (Fsp3) is 0.929. The van der Waals surface area contributed by atoms with Crippen LogP contribution < -0.4 is 11.1 Å². The summed E-state index contributed by atoms with van der Waals surface area (Å²) in [6.45, 7) is 6.17. The number of nitrogens with two attached hydrogens (primary N) is 1. The van der Waals surface area contributed by atoms with E-state index in [1.54, 1.807) is 0 Å². The highest BCUT2D eigenvalue weighted by molar-refractivity contribution is 5.75. The van der Waals surface area contributed by atoms with Crippen LogP contribution in [-0.4, -0.2) is 43.0 Å². The molecule has 0 aromatic heterocycles. The number of carbonyl (C=O) groups is 1. The number of nitrogens with zero attached hydrogens (tertiary/aromatic N) is 1. The van der Waals surface area contributed by atoms with Crippen molar-refractivity contribution in [2.75, 3.05) is 26.2 Å². The molecule has 4 nitrogen and oxygen atoms in total. The quantitative estimate of drug-likeness (QED) is 0.646. The maximum absolute atomic E-state index is 11.3. The van der Waals surface area contributed by atoms with Crippen molar-refractivity contribution in [3.8, 4) is 0 Å². The van der Waals surface area contributed by atoms with Gasteiger partial charge in [0.1, 0.15) is 0 Å². The van der Waals surface area contributed by atoms with Crippen molar-refractivity contribution >= 4 is 5.91 Å². The Bertz CT molecular complexity index is 233. The highest BCUT2D eigenvalue weighted by Gasteiger charge is 2.16. The summed E-state index contributed by atoms with van der Waals surface area (Å²) in [6.07, 6.45) is 7.70. The van der Waals surface area contributed by atoms with E-state index in [9.17, 15) is 4.79 Å². The first-order valence-corrected chi connectivity index (χ1v) is 7.45. The molecule has 1 aliphatic heterocycles. The summed E-state index contributed by atoms with van der Waals surface area (Å²) < 4.78 is 0. The average Bonchev–Trinajstić information content (AvgIpc) is 2.38. The predicted octanol–water partition coefficient (Wildman–Crippen LogP) is 1.50. The molecule has 1 atom stereocenters. The van der Waals surface area contributed by atoms with Gasteiger partial charge >= 0.3 is 0 Å². The van der Waals surface area contributed by atoms with Gasteiger partial charge in [0.05, 0.1) is 0 Å². The maximum Gasteiger partial charge on any atom is 0.220 e. The lowest BCUT2D eigenvalue weighted by atomic mass is 10.0. The van der Waals surface area contributed by atoms with Crippen molar-refractivity contribution < 1.29 is 4.79 Å². The molecule has 1 heterocycles. The highest BCUT2D eigenvalue weighted by atomic mass is 16.1. The zero-order valence-corrected chi connectivity index (χ0v) is 11.8. The van der Waals surface area contributed by atoms with Gasteiger partial charge in [-0.25, -0.2) is 0 Å². The van der Waals surface area contributed by atoms with Gasteiger partial charge in [0, 0.05) is 19.0 Å². The van der Waals surface area contributed by atoms with E-state index in [-0.39, 0.29) is 5.91 Å². The van der Waals surface area contributed by atoms with E-state index in [1.165, 1.54) is 38.8 Å². The third kappa shape index (κ3) is 6.36. The SMILES string of the molecule is CC1CCCCN1CCCCNC(=O)CCCN. The Kier molecular flexibility index (Phi) is 8.01. The zero-order valence-electron chi connectivity index (χ0n) is 11.8. The Balaban J connectivity index is 1.96. The van der Waals surface area contributed by atoms with E-state index in [4.69, 9.17) is 5.73 Å². The van der Waals surface area contributed by atoms with Gasteiger partial charge in [-0.3, -0.25) is 4.79 Å². The van der Waals surface area contributed by atoms with Crippen molar-refractivity contribution in [3.05, 3.63) is 0 Å². The number of hydrogen-bond acceptors (Lipinski definition) is 3. The minimum atomic E-state index is 0.145. The van der Waals surface area contributed by atoms with Gasteiger partial charge < -0.3 is 16.0 Å². The lowest BCUT2D eigenvalue weighted by Crippen LogP contribution is -2.38. The van der Waals surface area contributed by atoms with E-state index in [2.05, 4.69) is 17.1 Å². The minimum Gasteiger partial charge on any atom is -0.356 e. The van der Waals surface area contributed by atoms with Gasteiger partial charge in [-0.05, 0) is 58.7 Å². The first-order chi connectivity index (χ1) is 8.74. The first kappa shape index (κ1) is 15.4.